The maximum Gasteiger partial charge on any atom is 0.244 e. The van der Waals surface area contributed by atoms with Crippen LogP contribution in [0.2, 0.25) is 0 Å². The minimum Gasteiger partial charge on any atom is -0.507 e. The first-order valence-corrected chi connectivity index (χ1v) is 8.44. The van der Waals surface area contributed by atoms with Gasteiger partial charge in [-0.2, -0.15) is 0 Å². The van der Waals surface area contributed by atoms with Gasteiger partial charge in [0.1, 0.15) is 10.6 Å². The molecule has 0 fully saturated rings. The Balaban J connectivity index is 1.93. The van der Waals surface area contributed by atoms with E-state index in [9.17, 15) is 13.5 Å². The smallest absolute Gasteiger partial charge is 0.244 e. The average Bonchev–Trinajstić information content (AvgIpc) is 2.47. The van der Waals surface area contributed by atoms with Crippen molar-refractivity contribution in [2.75, 3.05) is 0 Å². The predicted octanol–water partition coefficient (Wildman–Crippen LogP) is 2.75. The molecule has 0 spiro atoms. The second-order valence-electron chi connectivity index (χ2n) is 5.23. The van der Waals surface area contributed by atoms with Crippen LogP contribution in [0, 0.1) is 0 Å². The van der Waals surface area contributed by atoms with E-state index < -0.39 is 10.0 Å². The molecule has 1 atom stereocenters. The van der Waals surface area contributed by atoms with Gasteiger partial charge < -0.3 is 5.11 Å². The summed E-state index contributed by atoms with van der Waals surface area (Å²) >= 11 is 0. The molecular weight excluding hydrogens is 286 g/mol. The van der Waals surface area contributed by atoms with Gasteiger partial charge in [-0.1, -0.05) is 36.4 Å². The van der Waals surface area contributed by atoms with Gasteiger partial charge in [0.2, 0.25) is 10.0 Å². The fourth-order valence-electron chi connectivity index (χ4n) is 2.81. The maximum atomic E-state index is 12.5. The summed E-state index contributed by atoms with van der Waals surface area (Å²) in [4.78, 5) is -0.0759. The van der Waals surface area contributed by atoms with E-state index in [0.717, 1.165) is 24.8 Å². The SMILES string of the molecule is O=S(=O)(NC1CCCc2ccccc21)c1ccccc1O. The minimum atomic E-state index is -3.73. The van der Waals surface area contributed by atoms with Gasteiger partial charge in [0.15, 0.2) is 0 Å². The van der Waals surface area contributed by atoms with Crippen molar-refractivity contribution < 1.29 is 13.5 Å². The molecule has 0 aromatic heterocycles. The lowest BCUT2D eigenvalue weighted by molar-refractivity contribution is 0.455. The molecule has 0 radical (unpaired) electrons. The first-order valence-electron chi connectivity index (χ1n) is 6.96. The van der Waals surface area contributed by atoms with Gasteiger partial charge in [-0.25, -0.2) is 13.1 Å². The lowest BCUT2D eigenvalue weighted by Gasteiger charge is -2.26. The third-order valence-corrected chi connectivity index (χ3v) is 5.34. The zero-order chi connectivity index (χ0) is 14.9. The Morgan fingerprint density at radius 2 is 1.76 bits per heavy atom. The lowest BCUT2D eigenvalue weighted by atomic mass is 9.88. The van der Waals surface area contributed by atoms with Crippen molar-refractivity contribution in [3.63, 3.8) is 0 Å². The van der Waals surface area contributed by atoms with Crippen molar-refractivity contribution in [1.82, 2.24) is 4.72 Å². The van der Waals surface area contributed by atoms with Crippen LogP contribution >= 0.6 is 0 Å². The van der Waals surface area contributed by atoms with Crippen molar-refractivity contribution in [1.29, 1.82) is 0 Å². The number of phenols is 1. The molecule has 5 heteroatoms. The standard InChI is InChI=1S/C16H17NO3S/c18-15-10-3-4-11-16(15)21(19,20)17-14-9-5-7-12-6-1-2-8-13(12)14/h1-4,6,8,10-11,14,17-18H,5,7,9H2. The van der Waals surface area contributed by atoms with Crippen molar-refractivity contribution in [2.24, 2.45) is 0 Å². The van der Waals surface area contributed by atoms with Crippen LogP contribution in [0.15, 0.2) is 53.4 Å². The van der Waals surface area contributed by atoms with E-state index in [0.29, 0.717) is 0 Å². The monoisotopic (exact) mass is 303 g/mol. The van der Waals surface area contributed by atoms with Gasteiger partial charge in [-0.05, 0) is 42.5 Å². The van der Waals surface area contributed by atoms with E-state index in [1.54, 1.807) is 12.1 Å². The zero-order valence-electron chi connectivity index (χ0n) is 11.5. The zero-order valence-corrected chi connectivity index (χ0v) is 12.3. The molecule has 4 nitrogen and oxygen atoms in total. The van der Waals surface area contributed by atoms with E-state index in [2.05, 4.69) is 4.72 Å². The Bertz CT molecular complexity index is 756. The van der Waals surface area contributed by atoms with Crippen LogP contribution in [0.3, 0.4) is 0 Å². The second kappa shape index (κ2) is 5.50. The molecule has 0 amide bonds. The number of aryl methyl sites for hydroxylation is 1. The third-order valence-electron chi connectivity index (χ3n) is 3.82. The molecule has 0 aliphatic heterocycles. The Kier molecular flexibility index (Phi) is 3.69. The third kappa shape index (κ3) is 2.80. The van der Waals surface area contributed by atoms with E-state index in [-0.39, 0.29) is 16.7 Å². The van der Waals surface area contributed by atoms with Crippen LogP contribution in [-0.4, -0.2) is 13.5 Å². The highest BCUT2D eigenvalue weighted by Gasteiger charge is 2.26. The number of fused-ring (bicyclic) bond motifs is 1. The summed E-state index contributed by atoms with van der Waals surface area (Å²) in [5.74, 6) is -0.228. The number of hydrogen-bond donors (Lipinski definition) is 2. The molecule has 0 saturated carbocycles. The highest BCUT2D eigenvalue weighted by atomic mass is 32.2. The minimum absolute atomic E-state index is 0.0759. The molecule has 1 aliphatic carbocycles. The van der Waals surface area contributed by atoms with Gasteiger partial charge in [0, 0.05) is 6.04 Å². The number of para-hydroxylation sites is 1. The molecule has 110 valence electrons. The first-order chi connectivity index (χ1) is 10.1. The van der Waals surface area contributed by atoms with Crippen molar-refractivity contribution in [2.45, 2.75) is 30.2 Å². The number of hydrogen-bond acceptors (Lipinski definition) is 3. The van der Waals surface area contributed by atoms with Crippen LogP contribution < -0.4 is 4.72 Å². The highest BCUT2D eigenvalue weighted by molar-refractivity contribution is 7.89. The summed E-state index contributed by atoms with van der Waals surface area (Å²) in [6, 6.07) is 13.6. The molecule has 2 aromatic rings. The summed E-state index contributed by atoms with van der Waals surface area (Å²) in [7, 11) is -3.73. The van der Waals surface area contributed by atoms with Crippen molar-refractivity contribution in [3.05, 3.63) is 59.7 Å². The maximum absolute atomic E-state index is 12.5. The molecule has 2 aromatic carbocycles. The fourth-order valence-corrected chi connectivity index (χ4v) is 4.16. The van der Waals surface area contributed by atoms with E-state index >= 15 is 0 Å². The fraction of sp³-hybridized carbons (Fsp3) is 0.250. The quantitative estimate of drug-likeness (QED) is 0.916. The highest BCUT2D eigenvalue weighted by Crippen LogP contribution is 2.31. The number of nitrogens with one attached hydrogen (secondary N) is 1. The molecule has 21 heavy (non-hydrogen) atoms. The average molecular weight is 303 g/mol. The molecule has 0 bridgehead atoms. The molecule has 2 N–H and O–H groups in total. The summed E-state index contributed by atoms with van der Waals surface area (Å²) in [5.41, 5.74) is 2.22. The molecule has 3 rings (SSSR count). The molecule has 0 saturated heterocycles. The van der Waals surface area contributed by atoms with Crippen LogP contribution in [0.1, 0.15) is 30.0 Å². The molecule has 0 heterocycles. The summed E-state index contributed by atoms with van der Waals surface area (Å²) in [6.45, 7) is 0. The van der Waals surface area contributed by atoms with Crippen LogP contribution in [0.25, 0.3) is 0 Å². The van der Waals surface area contributed by atoms with E-state index in [1.165, 1.54) is 17.7 Å². The number of sulfonamides is 1. The van der Waals surface area contributed by atoms with Crippen LogP contribution in [0.5, 0.6) is 5.75 Å². The van der Waals surface area contributed by atoms with Crippen LogP contribution in [0.4, 0.5) is 0 Å². The van der Waals surface area contributed by atoms with Gasteiger partial charge in [-0.3, -0.25) is 0 Å². The van der Waals surface area contributed by atoms with Gasteiger partial charge in [0.05, 0.1) is 0 Å². The number of phenolic OH excluding ortho intramolecular Hbond substituents is 1. The largest absolute Gasteiger partial charge is 0.507 e. The number of rotatable bonds is 3. The Labute approximate surface area is 124 Å². The first kappa shape index (κ1) is 14.1. The Morgan fingerprint density at radius 3 is 2.57 bits per heavy atom. The molecular formula is C16H17NO3S. The van der Waals surface area contributed by atoms with Gasteiger partial charge in [0.25, 0.3) is 0 Å². The topological polar surface area (TPSA) is 66.4 Å². The van der Waals surface area contributed by atoms with E-state index in [4.69, 9.17) is 0 Å². The van der Waals surface area contributed by atoms with Crippen LogP contribution in [-0.2, 0) is 16.4 Å². The summed E-state index contributed by atoms with van der Waals surface area (Å²) in [5, 5.41) is 9.75. The number of aromatic hydroxyl groups is 1. The Hall–Kier alpha value is -1.85. The molecule has 1 aliphatic rings. The lowest BCUT2D eigenvalue weighted by Crippen LogP contribution is -2.31. The van der Waals surface area contributed by atoms with E-state index in [1.807, 2.05) is 24.3 Å². The summed E-state index contributed by atoms with van der Waals surface area (Å²) < 4.78 is 27.6. The normalized spacial score (nSPS) is 18.2. The number of benzene rings is 2. The van der Waals surface area contributed by atoms with Crippen molar-refractivity contribution >= 4 is 10.0 Å². The molecule has 1 unspecified atom stereocenters. The second-order valence-corrected chi connectivity index (χ2v) is 6.92. The van der Waals surface area contributed by atoms with Gasteiger partial charge >= 0.3 is 0 Å². The summed E-state index contributed by atoms with van der Waals surface area (Å²) in [6.07, 6.45) is 2.69. The Morgan fingerprint density at radius 1 is 1.05 bits per heavy atom. The van der Waals surface area contributed by atoms with Gasteiger partial charge in [-0.15, -0.1) is 0 Å². The van der Waals surface area contributed by atoms with Crippen molar-refractivity contribution in [3.8, 4) is 5.75 Å². The predicted molar refractivity (Wildman–Crippen MR) is 80.5 cm³/mol.